The Morgan fingerprint density at radius 2 is 2.23 bits per heavy atom. The van der Waals surface area contributed by atoms with Crippen LogP contribution in [0, 0.1) is 11.8 Å². The van der Waals surface area contributed by atoms with Crippen molar-refractivity contribution in [2.75, 3.05) is 6.61 Å². The summed E-state index contributed by atoms with van der Waals surface area (Å²) in [6, 6.07) is 0. The van der Waals surface area contributed by atoms with Crippen molar-refractivity contribution < 1.29 is 9.84 Å². The van der Waals surface area contributed by atoms with Gasteiger partial charge >= 0.3 is 0 Å². The first kappa shape index (κ1) is 8.25. The minimum atomic E-state index is 0.152. The zero-order valence-electron chi connectivity index (χ0n) is 8.04. The maximum absolute atomic E-state index is 9.05. The van der Waals surface area contributed by atoms with Crippen molar-refractivity contribution in [3.8, 4) is 0 Å². The van der Waals surface area contributed by atoms with Gasteiger partial charge in [0.2, 0.25) is 0 Å². The lowest BCUT2D eigenvalue weighted by atomic mass is 9.82. The molecule has 0 bridgehead atoms. The van der Waals surface area contributed by atoms with Crippen LogP contribution < -0.4 is 0 Å². The molecule has 3 rings (SSSR count). The minimum absolute atomic E-state index is 0.152. The highest BCUT2D eigenvalue weighted by molar-refractivity contribution is 5.07. The lowest BCUT2D eigenvalue weighted by Gasteiger charge is -2.33. The second-order valence-electron chi connectivity index (χ2n) is 5.02. The number of fused-ring (bicyclic) bond motifs is 2. The first-order chi connectivity index (χ1) is 6.34. The Kier molecular flexibility index (Phi) is 1.72. The zero-order valence-corrected chi connectivity index (χ0v) is 8.04. The van der Waals surface area contributed by atoms with E-state index in [0.29, 0.717) is 0 Å². The molecule has 0 radical (unpaired) electrons. The van der Waals surface area contributed by atoms with Gasteiger partial charge in [0.15, 0.2) is 0 Å². The lowest BCUT2D eigenvalue weighted by molar-refractivity contribution is -0.0876. The summed E-state index contributed by atoms with van der Waals surface area (Å²) < 4.78 is 6.04. The average molecular weight is 182 g/mol. The normalized spacial score (nSPS) is 53.8. The maximum atomic E-state index is 9.05. The van der Waals surface area contributed by atoms with Crippen LogP contribution in [0.4, 0.5) is 0 Å². The molecular formula is C11H18O2. The molecule has 2 heteroatoms. The fraction of sp³-hybridized carbons (Fsp3) is 1.00. The van der Waals surface area contributed by atoms with Gasteiger partial charge in [-0.05, 0) is 43.9 Å². The van der Waals surface area contributed by atoms with E-state index in [1.54, 1.807) is 0 Å². The monoisotopic (exact) mass is 182 g/mol. The largest absolute Gasteiger partial charge is 0.394 e. The molecule has 4 atom stereocenters. The summed E-state index contributed by atoms with van der Waals surface area (Å²) in [6.45, 7) is 0.221. The molecule has 74 valence electrons. The summed E-state index contributed by atoms with van der Waals surface area (Å²) in [5, 5.41) is 9.05. The third-order valence-electron chi connectivity index (χ3n) is 4.27. The van der Waals surface area contributed by atoms with E-state index in [1.165, 1.54) is 32.1 Å². The van der Waals surface area contributed by atoms with Crippen LogP contribution in [-0.2, 0) is 4.74 Å². The molecular weight excluding hydrogens is 164 g/mol. The van der Waals surface area contributed by atoms with Gasteiger partial charge in [0.25, 0.3) is 0 Å². The zero-order chi connectivity index (χ0) is 8.89. The molecule has 0 amide bonds. The first-order valence-corrected chi connectivity index (χ1v) is 5.63. The third kappa shape index (κ3) is 1.15. The highest BCUT2D eigenvalue weighted by Gasteiger charge is 2.58. The predicted molar refractivity (Wildman–Crippen MR) is 49.4 cm³/mol. The topological polar surface area (TPSA) is 29.5 Å². The molecule has 0 aromatic heterocycles. The minimum Gasteiger partial charge on any atom is -0.394 e. The molecule has 2 saturated carbocycles. The van der Waals surface area contributed by atoms with E-state index in [2.05, 4.69) is 0 Å². The molecule has 1 saturated heterocycles. The fourth-order valence-corrected chi connectivity index (χ4v) is 3.50. The molecule has 2 aliphatic carbocycles. The van der Waals surface area contributed by atoms with Gasteiger partial charge in [-0.2, -0.15) is 0 Å². The van der Waals surface area contributed by atoms with Gasteiger partial charge in [0.05, 0.1) is 18.3 Å². The molecule has 0 aromatic rings. The van der Waals surface area contributed by atoms with Gasteiger partial charge < -0.3 is 9.84 Å². The summed E-state index contributed by atoms with van der Waals surface area (Å²) in [5.41, 5.74) is 0.219. The Labute approximate surface area is 79.3 Å². The van der Waals surface area contributed by atoms with Gasteiger partial charge in [0.1, 0.15) is 0 Å². The van der Waals surface area contributed by atoms with Crippen LogP contribution in [0.5, 0.6) is 0 Å². The SMILES string of the molecule is OCC1CCC2(CCCC3CC32)O1. The Morgan fingerprint density at radius 1 is 1.31 bits per heavy atom. The Hall–Kier alpha value is -0.0800. The molecule has 0 aromatic carbocycles. The smallest absolute Gasteiger partial charge is 0.0814 e. The Morgan fingerprint density at radius 3 is 3.00 bits per heavy atom. The Bertz CT molecular complexity index is 216. The van der Waals surface area contributed by atoms with Crippen molar-refractivity contribution in [1.29, 1.82) is 0 Å². The van der Waals surface area contributed by atoms with Crippen molar-refractivity contribution >= 4 is 0 Å². The number of hydrogen-bond donors (Lipinski definition) is 1. The van der Waals surface area contributed by atoms with Crippen molar-refractivity contribution in [2.24, 2.45) is 11.8 Å². The van der Waals surface area contributed by atoms with E-state index in [4.69, 9.17) is 9.84 Å². The van der Waals surface area contributed by atoms with Crippen LogP contribution in [0.25, 0.3) is 0 Å². The first-order valence-electron chi connectivity index (χ1n) is 5.63. The number of aliphatic hydroxyl groups excluding tert-OH is 1. The van der Waals surface area contributed by atoms with Crippen LogP contribution in [0.2, 0.25) is 0 Å². The quantitative estimate of drug-likeness (QED) is 0.669. The van der Waals surface area contributed by atoms with Crippen LogP contribution in [0.15, 0.2) is 0 Å². The molecule has 1 heterocycles. The summed E-state index contributed by atoms with van der Waals surface area (Å²) in [4.78, 5) is 0. The second kappa shape index (κ2) is 2.71. The number of ether oxygens (including phenoxy) is 1. The van der Waals surface area contributed by atoms with Gasteiger partial charge in [-0.3, -0.25) is 0 Å². The standard InChI is InChI=1S/C11H18O2/c12-7-9-3-5-11(13-9)4-1-2-8-6-10(8)11/h8-10,12H,1-7H2. The van der Waals surface area contributed by atoms with Crippen LogP contribution >= 0.6 is 0 Å². The molecule has 1 N–H and O–H groups in total. The summed E-state index contributed by atoms with van der Waals surface area (Å²) in [7, 11) is 0. The lowest BCUT2D eigenvalue weighted by Crippen LogP contribution is -2.35. The molecule has 4 unspecified atom stereocenters. The van der Waals surface area contributed by atoms with Crippen LogP contribution in [0.1, 0.15) is 38.5 Å². The fourth-order valence-electron chi connectivity index (χ4n) is 3.50. The summed E-state index contributed by atoms with van der Waals surface area (Å²) in [6.07, 6.45) is 7.88. The van der Waals surface area contributed by atoms with E-state index in [0.717, 1.165) is 18.3 Å². The number of hydrogen-bond acceptors (Lipinski definition) is 2. The highest BCUT2D eigenvalue weighted by atomic mass is 16.5. The molecule has 13 heavy (non-hydrogen) atoms. The molecule has 3 fully saturated rings. The molecule has 1 aliphatic heterocycles. The van der Waals surface area contributed by atoms with Crippen molar-refractivity contribution in [2.45, 2.75) is 50.2 Å². The summed E-state index contributed by atoms with van der Waals surface area (Å²) >= 11 is 0. The van der Waals surface area contributed by atoms with Crippen molar-refractivity contribution in [3.05, 3.63) is 0 Å². The Balaban J connectivity index is 1.75. The molecule has 2 nitrogen and oxygen atoms in total. The van der Waals surface area contributed by atoms with Crippen molar-refractivity contribution in [1.82, 2.24) is 0 Å². The van der Waals surface area contributed by atoms with Gasteiger partial charge in [-0.1, -0.05) is 6.42 Å². The highest BCUT2D eigenvalue weighted by Crippen LogP contribution is 2.60. The summed E-state index contributed by atoms with van der Waals surface area (Å²) in [5.74, 6) is 1.84. The van der Waals surface area contributed by atoms with E-state index >= 15 is 0 Å². The van der Waals surface area contributed by atoms with E-state index in [1.807, 2.05) is 0 Å². The van der Waals surface area contributed by atoms with E-state index in [-0.39, 0.29) is 18.3 Å². The average Bonchev–Trinajstić information content (AvgIpc) is 2.84. The van der Waals surface area contributed by atoms with Crippen molar-refractivity contribution in [3.63, 3.8) is 0 Å². The third-order valence-corrected chi connectivity index (χ3v) is 4.27. The molecule has 1 spiro atoms. The second-order valence-corrected chi connectivity index (χ2v) is 5.02. The van der Waals surface area contributed by atoms with E-state index < -0.39 is 0 Å². The maximum Gasteiger partial charge on any atom is 0.0814 e. The van der Waals surface area contributed by atoms with Gasteiger partial charge in [0, 0.05) is 0 Å². The van der Waals surface area contributed by atoms with Gasteiger partial charge in [-0.15, -0.1) is 0 Å². The predicted octanol–water partition coefficient (Wildman–Crippen LogP) is 1.72. The van der Waals surface area contributed by atoms with Gasteiger partial charge in [-0.25, -0.2) is 0 Å². The van der Waals surface area contributed by atoms with E-state index in [9.17, 15) is 0 Å². The number of aliphatic hydroxyl groups is 1. The molecule has 3 aliphatic rings. The van der Waals surface area contributed by atoms with Crippen LogP contribution in [0.3, 0.4) is 0 Å². The van der Waals surface area contributed by atoms with Crippen LogP contribution in [-0.4, -0.2) is 23.4 Å². The number of rotatable bonds is 1.